The lowest BCUT2D eigenvalue weighted by Gasteiger charge is -2.16. The number of hydrogen-bond donors (Lipinski definition) is 1. The first-order valence-electron chi connectivity index (χ1n) is 5.89. The summed E-state index contributed by atoms with van der Waals surface area (Å²) in [5.41, 5.74) is 0. The van der Waals surface area contributed by atoms with E-state index in [9.17, 15) is 9.32 Å². The number of aliphatic hydroxyl groups is 1. The van der Waals surface area contributed by atoms with E-state index in [-0.39, 0.29) is 0 Å². The Labute approximate surface area is 99.1 Å². The molecular weight excluding hydrogens is 220 g/mol. The molecule has 0 bridgehead atoms. The lowest BCUT2D eigenvalue weighted by atomic mass is 10.0. The van der Waals surface area contributed by atoms with Gasteiger partial charge in [0.25, 0.3) is 0 Å². The van der Waals surface area contributed by atoms with Crippen LogP contribution in [0.4, 0.5) is 0 Å². The number of aliphatic hydroxyl groups excluding tert-OH is 1. The molecule has 1 aliphatic rings. The monoisotopic (exact) mass is 238 g/mol. The Hall–Kier alpha value is -0.670. The average Bonchev–Trinajstić information content (AvgIpc) is 2.83. The first-order chi connectivity index (χ1) is 7.77. The van der Waals surface area contributed by atoms with Crippen molar-refractivity contribution in [3.8, 4) is 0 Å². The molecule has 0 heterocycles. The van der Waals surface area contributed by atoms with Gasteiger partial charge in [-0.3, -0.25) is 4.21 Å². The molecule has 2 nitrogen and oxygen atoms in total. The summed E-state index contributed by atoms with van der Waals surface area (Å²) in [6, 6.07) is 9.40. The van der Waals surface area contributed by atoms with E-state index in [0.29, 0.717) is 11.7 Å². The molecule has 16 heavy (non-hydrogen) atoms. The topological polar surface area (TPSA) is 37.3 Å². The van der Waals surface area contributed by atoms with Crippen LogP contribution in [0.2, 0.25) is 0 Å². The third kappa shape index (κ3) is 2.92. The van der Waals surface area contributed by atoms with Gasteiger partial charge in [-0.15, -0.1) is 0 Å². The van der Waals surface area contributed by atoms with Gasteiger partial charge in [-0.05, 0) is 30.9 Å². The lowest BCUT2D eigenvalue weighted by molar-refractivity contribution is 0.132. The van der Waals surface area contributed by atoms with E-state index in [1.54, 1.807) is 0 Å². The smallest absolute Gasteiger partial charge is 0.0687 e. The van der Waals surface area contributed by atoms with Crippen molar-refractivity contribution < 1.29 is 9.32 Å². The molecule has 0 aromatic heterocycles. The van der Waals surface area contributed by atoms with Gasteiger partial charge >= 0.3 is 0 Å². The third-order valence-corrected chi connectivity index (χ3v) is 4.71. The molecule has 1 saturated carbocycles. The van der Waals surface area contributed by atoms with Gasteiger partial charge in [0.15, 0.2) is 0 Å². The van der Waals surface area contributed by atoms with Crippen LogP contribution in [0.3, 0.4) is 0 Å². The Balaban J connectivity index is 1.92. The average molecular weight is 238 g/mol. The summed E-state index contributed by atoms with van der Waals surface area (Å²) < 4.78 is 12.0. The summed E-state index contributed by atoms with van der Waals surface area (Å²) in [5.74, 6) is 0.752. The maximum absolute atomic E-state index is 12.0. The second-order valence-corrected chi connectivity index (χ2v) is 5.93. The lowest BCUT2D eigenvalue weighted by Crippen LogP contribution is -2.24. The Kier molecular flexibility index (Phi) is 4.13. The summed E-state index contributed by atoms with van der Waals surface area (Å²) >= 11 is 0. The zero-order chi connectivity index (χ0) is 11.4. The Bertz CT molecular complexity index is 344. The van der Waals surface area contributed by atoms with Gasteiger partial charge in [0, 0.05) is 4.90 Å². The van der Waals surface area contributed by atoms with Crippen molar-refractivity contribution in [1.29, 1.82) is 0 Å². The normalized spacial score (nSPS) is 20.8. The molecule has 0 amide bonds. The third-order valence-electron chi connectivity index (χ3n) is 3.27. The summed E-state index contributed by atoms with van der Waals surface area (Å²) in [7, 11) is -1.06. The van der Waals surface area contributed by atoms with Crippen molar-refractivity contribution in [3.05, 3.63) is 30.3 Å². The van der Waals surface area contributed by atoms with Crippen LogP contribution in [-0.2, 0) is 10.8 Å². The predicted octanol–water partition coefficient (Wildman–Crippen LogP) is 2.35. The van der Waals surface area contributed by atoms with Crippen molar-refractivity contribution in [2.24, 2.45) is 5.92 Å². The van der Waals surface area contributed by atoms with Crippen LogP contribution in [0.1, 0.15) is 25.7 Å². The Morgan fingerprint density at radius 2 is 1.88 bits per heavy atom. The van der Waals surface area contributed by atoms with Gasteiger partial charge in [0.2, 0.25) is 0 Å². The molecule has 2 rings (SSSR count). The highest BCUT2D eigenvalue weighted by Gasteiger charge is 2.24. The Morgan fingerprint density at radius 1 is 1.25 bits per heavy atom. The quantitative estimate of drug-likeness (QED) is 0.874. The van der Waals surface area contributed by atoms with Crippen LogP contribution >= 0.6 is 0 Å². The van der Waals surface area contributed by atoms with Crippen molar-refractivity contribution in [1.82, 2.24) is 0 Å². The minimum absolute atomic E-state index is 0.368. The Morgan fingerprint density at radius 3 is 2.50 bits per heavy atom. The van der Waals surface area contributed by atoms with Crippen LogP contribution in [0.15, 0.2) is 35.2 Å². The van der Waals surface area contributed by atoms with Gasteiger partial charge in [0.05, 0.1) is 22.7 Å². The standard InChI is InChI=1S/C13H18O2S/c14-13(11-6-4-5-7-11)10-16(15)12-8-2-1-3-9-12/h1-3,8-9,11,13-14H,4-7,10H2/t13-,16?/m0/s1. The van der Waals surface area contributed by atoms with Crippen LogP contribution in [0.5, 0.6) is 0 Å². The summed E-state index contributed by atoms with van der Waals surface area (Å²) in [6.45, 7) is 0. The van der Waals surface area contributed by atoms with Crippen LogP contribution in [-0.4, -0.2) is 21.2 Å². The van der Waals surface area contributed by atoms with Crippen LogP contribution < -0.4 is 0 Å². The molecule has 1 aliphatic carbocycles. The minimum atomic E-state index is -1.06. The van der Waals surface area contributed by atoms with E-state index in [1.165, 1.54) is 12.8 Å². The van der Waals surface area contributed by atoms with Gasteiger partial charge in [-0.25, -0.2) is 0 Å². The van der Waals surface area contributed by atoms with Gasteiger partial charge in [-0.1, -0.05) is 31.0 Å². The summed E-state index contributed by atoms with van der Waals surface area (Å²) in [4.78, 5) is 0.819. The zero-order valence-electron chi connectivity index (χ0n) is 9.34. The van der Waals surface area contributed by atoms with Gasteiger partial charge < -0.3 is 5.11 Å². The molecule has 1 fully saturated rings. The van der Waals surface area contributed by atoms with E-state index >= 15 is 0 Å². The minimum Gasteiger partial charge on any atom is -0.392 e. The second-order valence-electron chi connectivity index (χ2n) is 4.44. The zero-order valence-corrected chi connectivity index (χ0v) is 10.2. The number of rotatable bonds is 4. The molecule has 0 radical (unpaired) electrons. The fraction of sp³-hybridized carbons (Fsp3) is 0.538. The largest absolute Gasteiger partial charge is 0.392 e. The maximum atomic E-state index is 12.0. The summed E-state index contributed by atoms with van der Waals surface area (Å²) in [6.07, 6.45) is 4.20. The van der Waals surface area contributed by atoms with E-state index in [4.69, 9.17) is 0 Å². The van der Waals surface area contributed by atoms with E-state index < -0.39 is 16.9 Å². The molecule has 1 aromatic rings. The highest BCUT2D eigenvalue weighted by molar-refractivity contribution is 7.85. The maximum Gasteiger partial charge on any atom is 0.0687 e. The molecule has 1 aromatic carbocycles. The van der Waals surface area contributed by atoms with Crippen LogP contribution in [0.25, 0.3) is 0 Å². The van der Waals surface area contributed by atoms with Gasteiger partial charge in [-0.2, -0.15) is 0 Å². The molecule has 1 N–H and O–H groups in total. The molecule has 3 heteroatoms. The first-order valence-corrected chi connectivity index (χ1v) is 7.21. The van der Waals surface area contributed by atoms with Crippen LogP contribution in [0, 0.1) is 5.92 Å². The van der Waals surface area contributed by atoms with Crippen molar-refractivity contribution in [2.75, 3.05) is 5.75 Å². The summed E-state index contributed by atoms with van der Waals surface area (Å²) in [5, 5.41) is 9.99. The van der Waals surface area contributed by atoms with Crippen molar-refractivity contribution >= 4 is 10.8 Å². The molecule has 88 valence electrons. The molecular formula is C13H18O2S. The van der Waals surface area contributed by atoms with Crippen molar-refractivity contribution in [3.63, 3.8) is 0 Å². The highest BCUT2D eigenvalue weighted by atomic mass is 32.2. The molecule has 0 aliphatic heterocycles. The predicted molar refractivity (Wildman–Crippen MR) is 65.7 cm³/mol. The number of benzene rings is 1. The fourth-order valence-corrected chi connectivity index (χ4v) is 3.54. The second kappa shape index (κ2) is 5.60. The van der Waals surface area contributed by atoms with Gasteiger partial charge in [0.1, 0.15) is 0 Å². The number of hydrogen-bond acceptors (Lipinski definition) is 2. The first kappa shape index (κ1) is 11.8. The fourth-order valence-electron chi connectivity index (χ4n) is 2.30. The van der Waals surface area contributed by atoms with Crippen molar-refractivity contribution in [2.45, 2.75) is 36.7 Å². The van der Waals surface area contributed by atoms with E-state index in [0.717, 1.165) is 17.7 Å². The molecule has 1 unspecified atom stereocenters. The van der Waals surface area contributed by atoms with E-state index in [2.05, 4.69) is 0 Å². The molecule has 0 spiro atoms. The van der Waals surface area contributed by atoms with E-state index in [1.807, 2.05) is 30.3 Å². The molecule has 2 atom stereocenters. The SMILES string of the molecule is O=S(C[C@H](O)C1CCCC1)c1ccccc1. The molecule has 0 saturated heterocycles. The highest BCUT2D eigenvalue weighted by Crippen LogP contribution is 2.28.